The van der Waals surface area contributed by atoms with Gasteiger partial charge in [-0.05, 0) is 18.3 Å². The third kappa shape index (κ3) is 4.11. The largest absolute Gasteiger partial charge is 0.478 e. The Morgan fingerprint density at radius 2 is 1.92 bits per heavy atom. The number of carbonyl (C=O) groups is 1. The van der Waals surface area contributed by atoms with Crippen molar-refractivity contribution >= 4 is 5.97 Å². The first-order valence-corrected chi connectivity index (χ1v) is 4.93. The Morgan fingerprint density at radius 3 is 2.23 bits per heavy atom. The Hall–Kier alpha value is -0.790. The van der Waals surface area contributed by atoms with Gasteiger partial charge in [-0.15, -0.1) is 0 Å². The molecule has 0 aromatic carbocycles. The Balaban J connectivity index is 4.12. The maximum Gasteiger partial charge on any atom is 0.330 e. The molecule has 0 aromatic rings. The maximum absolute atomic E-state index is 10.6. The number of carboxylic acid groups (broad SMARTS) is 1. The zero-order valence-electron chi connectivity index (χ0n) is 8.84. The lowest BCUT2D eigenvalue weighted by Gasteiger charge is -2.21. The maximum atomic E-state index is 10.6. The predicted molar refractivity (Wildman–Crippen MR) is 54.6 cm³/mol. The number of hydrogen-bond donors (Lipinski definition) is 1. The average molecular weight is 184 g/mol. The van der Waals surface area contributed by atoms with Crippen LogP contribution in [0.2, 0.25) is 0 Å². The summed E-state index contributed by atoms with van der Waals surface area (Å²) in [6, 6.07) is 0. The molecule has 13 heavy (non-hydrogen) atoms. The highest BCUT2D eigenvalue weighted by Gasteiger charge is 2.17. The van der Waals surface area contributed by atoms with E-state index in [9.17, 15) is 4.79 Å². The third-order valence-corrected chi connectivity index (χ3v) is 2.78. The summed E-state index contributed by atoms with van der Waals surface area (Å²) in [6.45, 7) is 9.97. The van der Waals surface area contributed by atoms with E-state index in [0.29, 0.717) is 23.8 Å². The van der Waals surface area contributed by atoms with Crippen LogP contribution in [0, 0.1) is 11.8 Å². The first-order chi connectivity index (χ1) is 6.02. The molecular weight excluding hydrogens is 164 g/mol. The first-order valence-electron chi connectivity index (χ1n) is 4.93. The van der Waals surface area contributed by atoms with Crippen LogP contribution < -0.4 is 0 Å². The smallest absolute Gasteiger partial charge is 0.330 e. The molecule has 76 valence electrons. The fraction of sp³-hybridized carbons (Fsp3) is 0.727. The van der Waals surface area contributed by atoms with E-state index in [1.807, 2.05) is 0 Å². The molecule has 0 saturated carbocycles. The number of rotatable bonds is 6. The second kappa shape index (κ2) is 5.79. The highest BCUT2D eigenvalue weighted by atomic mass is 16.4. The summed E-state index contributed by atoms with van der Waals surface area (Å²) < 4.78 is 0. The van der Waals surface area contributed by atoms with Gasteiger partial charge in [0, 0.05) is 5.57 Å². The number of aliphatic carboxylic acids is 1. The topological polar surface area (TPSA) is 37.3 Å². The van der Waals surface area contributed by atoms with Gasteiger partial charge in [0.15, 0.2) is 0 Å². The lowest BCUT2D eigenvalue weighted by molar-refractivity contribution is -0.132. The van der Waals surface area contributed by atoms with Crippen molar-refractivity contribution in [3.05, 3.63) is 12.2 Å². The third-order valence-electron chi connectivity index (χ3n) is 2.78. The van der Waals surface area contributed by atoms with Crippen molar-refractivity contribution in [2.45, 2.75) is 40.0 Å². The highest BCUT2D eigenvalue weighted by Crippen LogP contribution is 2.25. The molecule has 0 rings (SSSR count). The Kier molecular flexibility index (Phi) is 5.44. The van der Waals surface area contributed by atoms with Gasteiger partial charge >= 0.3 is 5.97 Å². The number of hydrogen-bond acceptors (Lipinski definition) is 1. The summed E-state index contributed by atoms with van der Waals surface area (Å²) in [4.78, 5) is 10.6. The molecule has 0 spiro atoms. The van der Waals surface area contributed by atoms with Crippen LogP contribution in [0.25, 0.3) is 0 Å². The van der Waals surface area contributed by atoms with Gasteiger partial charge in [-0.25, -0.2) is 4.79 Å². The molecule has 0 saturated heterocycles. The van der Waals surface area contributed by atoms with Crippen molar-refractivity contribution in [3.8, 4) is 0 Å². The molecule has 0 radical (unpaired) electrons. The summed E-state index contributed by atoms with van der Waals surface area (Å²) in [6.07, 6.45) is 2.76. The summed E-state index contributed by atoms with van der Waals surface area (Å²) in [7, 11) is 0. The molecule has 2 atom stereocenters. The van der Waals surface area contributed by atoms with Crippen LogP contribution in [0.15, 0.2) is 12.2 Å². The van der Waals surface area contributed by atoms with Gasteiger partial charge in [-0.2, -0.15) is 0 Å². The van der Waals surface area contributed by atoms with E-state index in [2.05, 4.69) is 27.4 Å². The second-order valence-corrected chi connectivity index (χ2v) is 3.67. The van der Waals surface area contributed by atoms with E-state index in [-0.39, 0.29) is 0 Å². The van der Waals surface area contributed by atoms with Crippen LogP contribution in [-0.2, 0) is 4.79 Å². The Bertz CT molecular complexity index is 185. The molecule has 0 fully saturated rings. The van der Waals surface area contributed by atoms with Crippen LogP contribution in [0.5, 0.6) is 0 Å². The average Bonchev–Trinajstić information content (AvgIpc) is 2.12. The van der Waals surface area contributed by atoms with Crippen LogP contribution in [0.3, 0.4) is 0 Å². The summed E-state index contributed by atoms with van der Waals surface area (Å²) >= 11 is 0. The Labute approximate surface area is 80.7 Å². The molecule has 0 aliphatic rings. The van der Waals surface area contributed by atoms with Gasteiger partial charge in [0.1, 0.15) is 0 Å². The minimum Gasteiger partial charge on any atom is -0.478 e. The minimum absolute atomic E-state index is 0.340. The molecule has 1 N–H and O–H groups in total. The molecular formula is C11H20O2. The minimum atomic E-state index is -0.859. The monoisotopic (exact) mass is 184 g/mol. The van der Waals surface area contributed by atoms with E-state index in [0.717, 1.165) is 12.8 Å². The number of carboxylic acids is 1. The molecule has 0 amide bonds. The van der Waals surface area contributed by atoms with Crippen LogP contribution in [0.1, 0.15) is 40.0 Å². The van der Waals surface area contributed by atoms with Crippen LogP contribution in [0.4, 0.5) is 0 Å². The van der Waals surface area contributed by atoms with Gasteiger partial charge in [0.05, 0.1) is 0 Å². The van der Waals surface area contributed by atoms with Gasteiger partial charge in [0.25, 0.3) is 0 Å². The quantitative estimate of drug-likeness (QED) is 0.644. The van der Waals surface area contributed by atoms with Gasteiger partial charge in [-0.1, -0.05) is 40.2 Å². The fourth-order valence-corrected chi connectivity index (χ4v) is 1.49. The van der Waals surface area contributed by atoms with Crippen LogP contribution in [-0.4, -0.2) is 11.1 Å². The van der Waals surface area contributed by atoms with Crippen molar-refractivity contribution < 1.29 is 9.90 Å². The van der Waals surface area contributed by atoms with E-state index in [1.54, 1.807) is 0 Å². The first kappa shape index (κ1) is 12.2. The van der Waals surface area contributed by atoms with Crippen molar-refractivity contribution in [2.75, 3.05) is 0 Å². The molecule has 2 heteroatoms. The molecule has 2 nitrogen and oxygen atoms in total. The molecule has 0 aliphatic heterocycles. The van der Waals surface area contributed by atoms with Gasteiger partial charge in [0.2, 0.25) is 0 Å². The van der Waals surface area contributed by atoms with Gasteiger partial charge in [-0.3, -0.25) is 0 Å². The lowest BCUT2D eigenvalue weighted by Crippen LogP contribution is -2.13. The molecule has 2 unspecified atom stereocenters. The molecule has 0 aliphatic carbocycles. The van der Waals surface area contributed by atoms with Crippen LogP contribution >= 0.6 is 0 Å². The highest BCUT2D eigenvalue weighted by molar-refractivity contribution is 5.85. The van der Waals surface area contributed by atoms with Crippen molar-refractivity contribution in [3.63, 3.8) is 0 Å². The standard InChI is InChI=1S/C11H20O2/c1-5-8(3)10(6-2)7-9(4)11(12)13/h8,10H,4-7H2,1-3H3,(H,12,13). The molecule has 0 bridgehead atoms. The van der Waals surface area contributed by atoms with Crippen molar-refractivity contribution in [1.82, 2.24) is 0 Å². The second-order valence-electron chi connectivity index (χ2n) is 3.67. The zero-order chi connectivity index (χ0) is 10.4. The van der Waals surface area contributed by atoms with E-state index < -0.39 is 5.97 Å². The lowest BCUT2D eigenvalue weighted by atomic mass is 9.85. The van der Waals surface area contributed by atoms with Crippen molar-refractivity contribution in [2.24, 2.45) is 11.8 Å². The molecule has 0 aromatic heterocycles. The van der Waals surface area contributed by atoms with E-state index in [1.165, 1.54) is 0 Å². The summed E-state index contributed by atoms with van der Waals surface area (Å²) in [5.74, 6) is 0.191. The fourth-order valence-electron chi connectivity index (χ4n) is 1.49. The Morgan fingerprint density at radius 1 is 1.38 bits per heavy atom. The summed E-state index contributed by atoms with van der Waals surface area (Å²) in [5, 5.41) is 8.68. The normalized spacial score (nSPS) is 15.0. The zero-order valence-corrected chi connectivity index (χ0v) is 8.84. The SMILES string of the molecule is C=C(CC(CC)C(C)CC)C(=O)O. The summed E-state index contributed by atoms with van der Waals surface area (Å²) in [5.41, 5.74) is 0.340. The van der Waals surface area contributed by atoms with Crippen molar-refractivity contribution in [1.29, 1.82) is 0 Å². The van der Waals surface area contributed by atoms with E-state index in [4.69, 9.17) is 5.11 Å². The van der Waals surface area contributed by atoms with E-state index >= 15 is 0 Å². The van der Waals surface area contributed by atoms with Gasteiger partial charge < -0.3 is 5.11 Å². The predicted octanol–water partition coefficient (Wildman–Crippen LogP) is 3.09. The molecule has 0 heterocycles.